The number of allylic oxidation sites excluding steroid dienone is 2. The lowest BCUT2D eigenvalue weighted by Gasteiger charge is -2.19. The topological polar surface area (TPSA) is 49.3 Å². The number of hydroxylamine groups is 3. The van der Waals surface area contributed by atoms with Crippen molar-refractivity contribution in [1.29, 1.82) is 0 Å². The van der Waals surface area contributed by atoms with Crippen molar-refractivity contribution in [1.82, 2.24) is 5.32 Å². The molecule has 23 heavy (non-hydrogen) atoms. The summed E-state index contributed by atoms with van der Waals surface area (Å²) in [7, 11) is 3.48. The van der Waals surface area contributed by atoms with Gasteiger partial charge in [0.05, 0.1) is 14.1 Å². The Morgan fingerprint density at radius 3 is 2.22 bits per heavy atom. The Kier molecular flexibility index (Phi) is 14.1. The number of quaternary nitrogens is 1. The molecule has 0 aromatic heterocycles. The lowest BCUT2D eigenvalue weighted by molar-refractivity contribution is -1.07. The molecule has 1 amide bonds. The maximum Gasteiger partial charge on any atom is 0.219 e. The first-order chi connectivity index (χ1) is 11.0. The summed E-state index contributed by atoms with van der Waals surface area (Å²) < 4.78 is -0.0380. The molecule has 136 valence electrons. The van der Waals surface area contributed by atoms with Crippen LogP contribution in [-0.4, -0.2) is 42.9 Å². The molecular weight excluding hydrogens is 288 g/mol. The first kappa shape index (κ1) is 22.1. The van der Waals surface area contributed by atoms with Crippen LogP contribution < -0.4 is 5.32 Å². The minimum absolute atomic E-state index is 0.0380. The van der Waals surface area contributed by atoms with Crippen molar-refractivity contribution in [2.24, 2.45) is 0 Å². The Hall–Kier alpha value is -0.870. The normalized spacial score (nSPS) is 12.0. The van der Waals surface area contributed by atoms with Gasteiger partial charge in [-0.1, -0.05) is 51.2 Å². The molecule has 0 radical (unpaired) electrons. The van der Waals surface area contributed by atoms with Crippen LogP contribution >= 0.6 is 0 Å². The van der Waals surface area contributed by atoms with Gasteiger partial charge in [-0.2, -0.15) is 4.65 Å². The van der Waals surface area contributed by atoms with Crippen LogP contribution in [0, 0.1) is 0 Å². The van der Waals surface area contributed by atoms with E-state index in [1.165, 1.54) is 44.9 Å². The first-order valence-electron chi connectivity index (χ1n) is 9.43. The van der Waals surface area contributed by atoms with Crippen LogP contribution in [0.15, 0.2) is 12.2 Å². The summed E-state index contributed by atoms with van der Waals surface area (Å²) in [6.45, 7) is 3.54. The molecular formula is C19H39N2O2+. The van der Waals surface area contributed by atoms with Crippen molar-refractivity contribution < 1.29 is 14.6 Å². The second-order valence-electron chi connectivity index (χ2n) is 6.97. The molecule has 0 aromatic rings. The van der Waals surface area contributed by atoms with Gasteiger partial charge in [-0.05, 0) is 25.7 Å². The van der Waals surface area contributed by atoms with Crippen molar-refractivity contribution in [3.63, 3.8) is 0 Å². The summed E-state index contributed by atoms with van der Waals surface area (Å²) in [5.74, 6) is 0.145. The Bertz CT molecular complexity index is 309. The zero-order chi connectivity index (χ0) is 17.4. The van der Waals surface area contributed by atoms with Gasteiger partial charge in [-0.3, -0.25) is 4.79 Å². The van der Waals surface area contributed by atoms with E-state index in [4.69, 9.17) is 0 Å². The number of unbranched alkanes of at least 4 members (excludes halogenated alkanes) is 7. The lowest BCUT2D eigenvalue weighted by Crippen LogP contribution is -2.38. The average molecular weight is 328 g/mol. The minimum Gasteiger partial charge on any atom is -0.356 e. The standard InChI is InChI=1S/C19H38N2O2/c1-4-5-6-7-8-9-10-11-12-13-14-16-19(22)20-17-15-18-21(2,3)23/h7-8,23H,4-6,9-18H2,1-3H3/p+1. The number of nitrogens with zero attached hydrogens (tertiary/aromatic N) is 1. The van der Waals surface area contributed by atoms with E-state index in [0.29, 0.717) is 19.5 Å². The number of hydrogen-bond donors (Lipinski definition) is 2. The van der Waals surface area contributed by atoms with Crippen molar-refractivity contribution >= 4 is 5.91 Å². The molecule has 2 N–H and O–H groups in total. The van der Waals surface area contributed by atoms with Crippen LogP contribution in [0.5, 0.6) is 0 Å². The summed E-state index contributed by atoms with van der Waals surface area (Å²) in [5, 5.41) is 12.4. The molecule has 4 heteroatoms. The molecule has 0 rings (SSSR count). The summed E-state index contributed by atoms with van der Waals surface area (Å²) >= 11 is 0. The zero-order valence-corrected chi connectivity index (χ0v) is 15.6. The maximum absolute atomic E-state index is 11.6. The summed E-state index contributed by atoms with van der Waals surface area (Å²) in [4.78, 5) is 11.6. The largest absolute Gasteiger partial charge is 0.356 e. The second kappa shape index (κ2) is 14.7. The zero-order valence-electron chi connectivity index (χ0n) is 15.6. The smallest absolute Gasteiger partial charge is 0.219 e. The van der Waals surface area contributed by atoms with Gasteiger partial charge in [-0.25, -0.2) is 5.21 Å². The summed E-state index contributed by atoms with van der Waals surface area (Å²) in [5.41, 5.74) is 0. The predicted molar refractivity (Wildman–Crippen MR) is 97.4 cm³/mol. The maximum atomic E-state index is 11.6. The third-order valence-electron chi connectivity index (χ3n) is 3.87. The fraction of sp³-hybridized carbons (Fsp3) is 0.842. The van der Waals surface area contributed by atoms with Crippen LogP contribution in [0.1, 0.15) is 77.6 Å². The molecule has 0 heterocycles. The average Bonchev–Trinajstić information content (AvgIpc) is 2.48. The number of carbonyl (C=O) groups excluding carboxylic acids is 1. The van der Waals surface area contributed by atoms with Crippen molar-refractivity contribution in [2.75, 3.05) is 27.2 Å². The van der Waals surface area contributed by atoms with Gasteiger partial charge in [-0.15, -0.1) is 0 Å². The highest BCUT2D eigenvalue weighted by molar-refractivity contribution is 5.75. The molecule has 0 unspecified atom stereocenters. The van der Waals surface area contributed by atoms with E-state index in [9.17, 15) is 10.0 Å². The number of amides is 1. The first-order valence-corrected chi connectivity index (χ1v) is 9.43. The lowest BCUT2D eigenvalue weighted by atomic mass is 10.1. The molecule has 0 saturated carbocycles. The molecule has 0 aliphatic rings. The van der Waals surface area contributed by atoms with Crippen LogP contribution in [0.3, 0.4) is 0 Å². The van der Waals surface area contributed by atoms with Crippen LogP contribution in [0.2, 0.25) is 0 Å². The van der Waals surface area contributed by atoms with Crippen LogP contribution in [-0.2, 0) is 4.79 Å². The van der Waals surface area contributed by atoms with E-state index in [2.05, 4.69) is 24.4 Å². The molecule has 0 spiro atoms. The molecule has 0 aliphatic heterocycles. The third kappa shape index (κ3) is 19.1. The Labute approximate surface area is 143 Å². The highest BCUT2D eigenvalue weighted by Crippen LogP contribution is 2.08. The fourth-order valence-electron chi connectivity index (χ4n) is 2.42. The molecule has 0 aromatic carbocycles. The SMILES string of the molecule is CCCCC=CCCCCCCCC(=O)NCCC[N+](C)(C)O. The number of rotatable bonds is 15. The molecule has 4 nitrogen and oxygen atoms in total. The molecule has 0 bridgehead atoms. The van der Waals surface area contributed by atoms with E-state index in [1.807, 2.05) is 0 Å². The van der Waals surface area contributed by atoms with Gasteiger partial charge >= 0.3 is 0 Å². The van der Waals surface area contributed by atoms with Crippen molar-refractivity contribution in [3.8, 4) is 0 Å². The van der Waals surface area contributed by atoms with Gasteiger partial charge in [0.25, 0.3) is 0 Å². The van der Waals surface area contributed by atoms with E-state index >= 15 is 0 Å². The van der Waals surface area contributed by atoms with E-state index in [0.717, 1.165) is 19.3 Å². The second-order valence-corrected chi connectivity index (χ2v) is 6.97. The highest BCUT2D eigenvalue weighted by atomic mass is 16.5. The molecule has 0 fully saturated rings. The summed E-state index contributed by atoms with van der Waals surface area (Å²) in [6.07, 6.45) is 17.0. The van der Waals surface area contributed by atoms with Crippen LogP contribution in [0.4, 0.5) is 0 Å². The highest BCUT2D eigenvalue weighted by Gasteiger charge is 2.09. The number of hydrogen-bond acceptors (Lipinski definition) is 2. The van der Waals surface area contributed by atoms with E-state index in [-0.39, 0.29) is 10.6 Å². The third-order valence-corrected chi connectivity index (χ3v) is 3.87. The van der Waals surface area contributed by atoms with Gasteiger partial charge < -0.3 is 5.32 Å². The quantitative estimate of drug-likeness (QED) is 0.202. The van der Waals surface area contributed by atoms with E-state index < -0.39 is 0 Å². The fourth-order valence-corrected chi connectivity index (χ4v) is 2.42. The monoisotopic (exact) mass is 327 g/mol. The molecule has 0 saturated heterocycles. The Morgan fingerprint density at radius 1 is 0.957 bits per heavy atom. The molecule has 0 aliphatic carbocycles. The van der Waals surface area contributed by atoms with Gasteiger partial charge in [0.15, 0.2) is 0 Å². The number of nitrogens with one attached hydrogen (secondary N) is 1. The van der Waals surface area contributed by atoms with Crippen LogP contribution in [0.25, 0.3) is 0 Å². The number of carbonyl (C=O) groups is 1. The van der Waals surface area contributed by atoms with Gasteiger partial charge in [0.2, 0.25) is 5.91 Å². The Balaban J connectivity index is 3.28. The Morgan fingerprint density at radius 2 is 1.57 bits per heavy atom. The van der Waals surface area contributed by atoms with E-state index in [1.54, 1.807) is 14.1 Å². The molecule has 0 atom stereocenters. The van der Waals surface area contributed by atoms with Gasteiger partial charge in [0, 0.05) is 19.4 Å². The summed E-state index contributed by atoms with van der Waals surface area (Å²) in [6, 6.07) is 0. The van der Waals surface area contributed by atoms with Gasteiger partial charge in [0.1, 0.15) is 6.54 Å². The van der Waals surface area contributed by atoms with Crippen molar-refractivity contribution in [3.05, 3.63) is 12.2 Å². The predicted octanol–water partition coefficient (Wildman–Crippen LogP) is 4.44. The van der Waals surface area contributed by atoms with Crippen molar-refractivity contribution in [2.45, 2.75) is 77.6 Å². The minimum atomic E-state index is -0.0380.